The Labute approximate surface area is 137 Å². The van der Waals surface area contributed by atoms with Crippen molar-refractivity contribution in [3.8, 4) is 6.07 Å². The van der Waals surface area contributed by atoms with Gasteiger partial charge in [-0.05, 0) is 44.4 Å². The van der Waals surface area contributed by atoms with Crippen LogP contribution in [0.4, 0.5) is 18.9 Å². The van der Waals surface area contributed by atoms with Crippen molar-refractivity contribution in [2.45, 2.75) is 44.4 Å². The van der Waals surface area contributed by atoms with E-state index in [2.05, 4.69) is 5.32 Å². The van der Waals surface area contributed by atoms with Gasteiger partial charge in [0.15, 0.2) is 0 Å². The summed E-state index contributed by atoms with van der Waals surface area (Å²) >= 11 is 0. The van der Waals surface area contributed by atoms with Crippen LogP contribution in [-0.2, 0) is 11.0 Å². The number of hydrogen-bond acceptors (Lipinski definition) is 4. The van der Waals surface area contributed by atoms with Gasteiger partial charge in [0.2, 0.25) is 0 Å². The highest BCUT2D eigenvalue weighted by molar-refractivity contribution is 5.96. The van der Waals surface area contributed by atoms with E-state index < -0.39 is 28.8 Å². The molecule has 3 N–H and O–H groups in total. The first kappa shape index (κ1) is 19.9. The second-order valence-electron chi connectivity index (χ2n) is 5.63. The van der Waals surface area contributed by atoms with Crippen LogP contribution in [0.1, 0.15) is 43.7 Å². The average Bonchev–Trinajstić information content (AvgIpc) is 2.50. The zero-order chi connectivity index (χ0) is 18.4. The maximum atomic E-state index is 12.9. The highest BCUT2D eigenvalue weighted by Crippen LogP contribution is 2.33. The Morgan fingerprint density at radius 2 is 1.96 bits per heavy atom. The molecule has 5 nitrogen and oxygen atoms in total. The number of benzene rings is 1. The number of nitrogens with zero attached hydrogens (tertiary/aromatic N) is 1. The number of amides is 1. The fraction of sp³-hybridized carbons (Fsp3) is 0.500. The van der Waals surface area contributed by atoms with Crippen molar-refractivity contribution in [2.75, 3.05) is 11.9 Å². The lowest BCUT2D eigenvalue weighted by Crippen LogP contribution is -2.40. The molecule has 0 aliphatic heterocycles. The lowest BCUT2D eigenvalue weighted by atomic mass is 9.97. The molecule has 0 fully saturated rings. The molecule has 1 rings (SSSR count). The van der Waals surface area contributed by atoms with Crippen molar-refractivity contribution in [1.82, 2.24) is 0 Å². The number of anilines is 1. The molecule has 0 aromatic heterocycles. The van der Waals surface area contributed by atoms with Crippen LogP contribution in [0.15, 0.2) is 18.2 Å². The van der Waals surface area contributed by atoms with Crippen molar-refractivity contribution >= 4 is 11.6 Å². The second kappa shape index (κ2) is 8.13. The molecule has 1 aromatic carbocycles. The van der Waals surface area contributed by atoms with E-state index in [4.69, 9.17) is 10.4 Å². The Kier molecular flexibility index (Phi) is 6.75. The minimum absolute atomic E-state index is 0.0137. The summed E-state index contributed by atoms with van der Waals surface area (Å²) in [6, 6.07) is 4.26. The maximum absolute atomic E-state index is 12.9. The third-order valence-electron chi connectivity index (χ3n) is 3.51. The predicted molar refractivity (Wildman–Crippen MR) is 81.0 cm³/mol. The summed E-state index contributed by atoms with van der Waals surface area (Å²) in [5, 5.41) is 29.8. The van der Waals surface area contributed by atoms with E-state index >= 15 is 0 Å². The van der Waals surface area contributed by atoms with Crippen LogP contribution >= 0.6 is 0 Å². The molecule has 1 unspecified atom stereocenters. The number of unbranched alkanes of at least 4 members (excludes halogenated alkanes) is 2. The molecule has 0 radical (unpaired) electrons. The molecule has 0 saturated heterocycles. The van der Waals surface area contributed by atoms with Crippen LogP contribution in [-0.4, -0.2) is 28.3 Å². The molecule has 0 aliphatic carbocycles. The standard InChI is InChI=1S/C16H19F3N2O3/c1-15(24,7-3-2-4-8-22)14(23)21-12-6-5-11(10-20)13(9-12)16(17,18)19/h5-6,9,22,24H,2-4,7-8H2,1H3,(H,21,23). The normalized spacial score (nSPS) is 13.9. The zero-order valence-electron chi connectivity index (χ0n) is 13.2. The van der Waals surface area contributed by atoms with E-state index in [-0.39, 0.29) is 18.7 Å². The lowest BCUT2D eigenvalue weighted by Gasteiger charge is -2.22. The quantitative estimate of drug-likeness (QED) is 0.663. The monoisotopic (exact) mass is 344 g/mol. The Morgan fingerprint density at radius 1 is 1.29 bits per heavy atom. The molecular formula is C16H19F3N2O3. The molecule has 0 saturated carbocycles. The summed E-state index contributed by atoms with van der Waals surface area (Å²) in [6.07, 6.45) is -2.96. The molecule has 1 atom stereocenters. The lowest BCUT2D eigenvalue weighted by molar-refractivity contribution is -0.138. The topological polar surface area (TPSA) is 93.3 Å². The number of nitrogens with one attached hydrogen (secondary N) is 1. The first-order chi connectivity index (χ1) is 11.1. The van der Waals surface area contributed by atoms with Gasteiger partial charge in [-0.15, -0.1) is 0 Å². The van der Waals surface area contributed by atoms with Gasteiger partial charge in [-0.1, -0.05) is 6.42 Å². The first-order valence-corrected chi connectivity index (χ1v) is 7.38. The average molecular weight is 344 g/mol. The fourth-order valence-electron chi connectivity index (χ4n) is 2.09. The molecular weight excluding hydrogens is 325 g/mol. The minimum Gasteiger partial charge on any atom is -0.396 e. The summed E-state index contributed by atoms with van der Waals surface area (Å²) in [7, 11) is 0. The molecule has 1 amide bonds. The number of hydrogen-bond donors (Lipinski definition) is 3. The number of halogens is 3. The third kappa shape index (κ3) is 5.51. The molecule has 24 heavy (non-hydrogen) atoms. The van der Waals surface area contributed by atoms with Crippen molar-refractivity contribution < 1.29 is 28.2 Å². The Balaban J connectivity index is 2.85. The van der Waals surface area contributed by atoms with E-state index in [1.807, 2.05) is 0 Å². The number of alkyl halides is 3. The number of nitriles is 1. The van der Waals surface area contributed by atoms with Gasteiger partial charge in [-0.2, -0.15) is 18.4 Å². The van der Waals surface area contributed by atoms with Crippen LogP contribution in [0, 0.1) is 11.3 Å². The Morgan fingerprint density at radius 3 is 2.50 bits per heavy atom. The van der Waals surface area contributed by atoms with Crippen LogP contribution in [0.3, 0.4) is 0 Å². The summed E-state index contributed by atoms with van der Waals surface area (Å²) in [5.41, 5.74) is -3.59. The van der Waals surface area contributed by atoms with Crippen molar-refractivity contribution in [2.24, 2.45) is 0 Å². The molecule has 0 bridgehead atoms. The smallest absolute Gasteiger partial charge is 0.396 e. The fourth-order valence-corrected chi connectivity index (χ4v) is 2.09. The zero-order valence-corrected chi connectivity index (χ0v) is 13.2. The van der Waals surface area contributed by atoms with Gasteiger partial charge in [-0.3, -0.25) is 4.79 Å². The summed E-state index contributed by atoms with van der Waals surface area (Å²) in [4.78, 5) is 12.1. The summed E-state index contributed by atoms with van der Waals surface area (Å²) in [6.45, 7) is 1.29. The molecule has 0 aliphatic rings. The summed E-state index contributed by atoms with van der Waals surface area (Å²) in [5.74, 6) is -0.829. The minimum atomic E-state index is -4.72. The largest absolute Gasteiger partial charge is 0.417 e. The van der Waals surface area contributed by atoms with Gasteiger partial charge >= 0.3 is 6.18 Å². The van der Waals surface area contributed by atoms with Gasteiger partial charge in [0.25, 0.3) is 5.91 Å². The van der Waals surface area contributed by atoms with Crippen molar-refractivity contribution in [3.63, 3.8) is 0 Å². The van der Waals surface area contributed by atoms with E-state index in [1.165, 1.54) is 19.1 Å². The van der Waals surface area contributed by atoms with Gasteiger partial charge in [0, 0.05) is 12.3 Å². The third-order valence-corrected chi connectivity index (χ3v) is 3.51. The van der Waals surface area contributed by atoms with E-state index in [0.717, 1.165) is 6.07 Å². The molecule has 0 heterocycles. The number of carbonyl (C=O) groups excluding carboxylic acids is 1. The molecule has 1 aromatic rings. The predicted octanol–water partition coefficient (Wildman–Crippen LogP) is 2.82. The van der Waals surface area contributed by atoms with Crippen LogP contribution in [0.5, 0.6) is 0 Å². The maximum Gasteiger partial charge on any atom is 0.417 e. The van der Waals surface area contributed by atoms with Crippen molar-refractivity contribution in [3.05, 3.63) is 29.3 Å². The van der Waals surface area contributed by atoms with Gasteiger partial charge < -0.3 is 15.5 Å². The SMILES string of the molecule is CC(O)(CCCCCO)C(=O)Nc1ccc(C#N)c(C(F)(F)F)c1. The van der Waals surface area contributed by atoms with Gasteiger partial charge in [-0.25, -0.2) is 0 Å². The number of carbonyl (C=O) groups is 1. The Bertz CT molecular complexity index is 622. The highest BCUT2D eigenvalue weighted by Gasteiger charge is 2.35. The van der Waals surface area contributed by atoms with E-state index in [9.17, 15) is 23.1 Å². The Hall–Kier alpha value is -2.11. The van der Waals surface area contributed by atoms with Crippen molar-refractivity contribution in [1.29, 1.82) is 5.26 Å². The molecule has 132 valence electrons. The van der Waals surface area contributed by atoms with Crippen LogP contribution in [0.25, 0.3) is 0 Å². The van der Waals surface area contributed by atoms with Gasteiger partial charge in [0.1, 0.15) is 5.60 Å². The second-order valence-corrected chi connectivity index (χ2v) is 5.63. The number of aliphatic hydroxyl groups excluding tert-OH is 1. The molecule has 0 spiro atoms. The highest BCUT2D eigenvalue weighted by atomic mass is 19.4. The number of aliphatic hydroxyl groups is 2. The first-order valence-electron chi connectivity index (χ1n) is 7.38. The molecule has 8 heteroatoms. The van der Waals surface area contributed by atoms with E-state index in [0.29, 0.717) is 25.3 Å². The number of rotatable bonds is 7. The van der Waals surface area contributed by atoms with Crippen LogP contribution < -0.4 is 5.32 Å². The van der Waals surface area contributed by atoms with Crippen LogP contribution in [0.2, 0.25) is 0 Å². The van der Waals surface area contributed by atoms with E-state index in [1.54, 1.807) is 0 Å². The van der Waals surface area contributed by atoms with Gasteiger partial charge in [0.05, 0.1) is 17.2 Å². The summed E-state index contributed by atoms with van der Waals surface area (Å²) < 4.78 is 38.7.